The van der Waals surface area contributed by atoms with Gasteiger partial charge in [0.2, 0.25) is 0 Å². The van der Waals surface area contributed by atoms with E-state index in [4.69, 9.17) is 70.1 Å². The number of carbonyl (C=O) groups is 1. The van der Waals surface area contributed by atoms with Crippen LogP contribution in [0.25, 0.3) is 0 Å². The van der Waals surface area contributed by atoms with Crippen molar-refractivity contribution >= 4 is 94.8 Å². The van der Waals surface area contributed by atoms with Crippen LogP contribution in [0.5, 0.6) is 0 Å². The van der Waals surface area contributed by atoms with E-state index in [1.807, 2.05) is 0 Å². The topological polar surface area (TPSA) is 402 Å². The number of halogens is 1. The zero-order chi connectivity index (χ0) is 22.3. The summed E-state index contributed by atoms with van der Waals surface area (Å²) in [4.78, 5) is 9.35. The summed E-state index contributed by atoms with van der Waals surface area (Å²) in [5.74, 6) is 4.45. The predicted molar refractivity (Wildman–Crippen MR) is 77.6 cm³/mol. The van der Waals surface area contributed by atoms with E-state index in [1.165, 1.54) is 0 Å². The summed E-state index contributed by atoms with van der Waals surface area (Å²) in [6.45, 7) is 0. The first-order valence-electron chi connectivity index (χ1n) is 3.70. The van der Waals surface area contributed by atoms with Crippen LogP contribution in [0, 0.1) is 0 Å². The third kappa shape index (κ3) is 3020. The molecule has 175 valence electrons. The molecular formula is CH6Al2ClCuN3O17S4. The third-order valence-corrected chi connectivity index (χ3v) is 0.142. The van der Waals surface area contributed by atoms with E-state index < -0.39 is 47.6 Å². The Morgan fingerprint density at radius 3 is 0.621 bits per heavy atom. The number of rotatable bonds is 0. The van der Waals surface area contributed by atoms with Crippen molar-refractivity contribution < 1.29 is 92.0 Å². The Kier molecular flexibility index (Phi) is 52.4. The number of hydrazine groups is 1. The van der Waals surface area contributed by atoms with Gasteiger partial charge in [-0.2, -0.15) is 0 Å². The molecule has 28 heteroatoms. The van der Waals surface area contributed by atoms with Crippen molar-refractivity contribution in [2.45, 2.75) is 0 Å². The molecule has 0 unspecified atom stereocenters. The Morgan fingerprint density at radius 1 is 0.586 bits per heavy atom. The van der Waals surface area contributed by atoms with E-state index in [9.17, 15) is 4.79 Å². The van der Waals surface area contributed by atoms with Crippen LogP contribution in [0.1, 0.15) is 0 Å². The summed E-state index contributed by atoms with van der Waals surface area (Å²) < 4.78 is 136. The second-order valence-corrected chi connectivity index (χ2v) is 5.41. The maximum absolute atomic E-state index is 9.35. The Hall–Kier alpha value is 0.584. The quantitative estimate of drug-likeness (QED) is 0.0570. The fraction of sp³-hybridized carbons (Fsp3) is 0. The summed E-state index contributed by atoms with van der Waals surface area (Å²) in [6.07, 6.45) is 0. The van der Waals surface area contributed by atoms with Crippen LogP contribution in [0.4, 0.5) is 4.79 Å². The molecule has 0 aromatic rings. The molecule has 0 heterocycles. The van der Waals surface area contributed by atoms with E-state index in [1.54, 1.807) is 5.43 Å². The number of hydrogen-bond acceptors (Lipinski definition) is 18. The number of urea groups is 1. The molecule has 0 saturated heterocycles. The second kappa shape index (κ2) is 26.6. The minimum Gasteiger partial charge on any atom is -0.759 e. The average molecular weight is 613 g/mol. The molecule has 0 aromatic heterocycles. The van der Waals surface area contributed by atoms with Gasteiger partial charge in [-0.15, -0.1) is 12.4 Å². The average Bonchev–Trinajstić information content (AvgIpc) is 2.05. The molecule has 0 aliphatic carbocycles. The maximum Gasteiger partial charge on any atom is 3.00 e. The van der Waals surface area contributed by atoms with Crippen molar-refractivity contribution in [1.82, 2.24) is 5.43 Å². The van der Waals surface area contributed by atoms with Gasteiger partial charge in [0.05, 0.1) is 0 Å². The SMILES string of the molecule is Cl.NNC(N)=O.O=S(=O)([O-])[O-].O=S(=O)([O-])[O-].O=S(=O)([O-])[O-].O=S(=O)([O-])[O-].[Al+3].[Al+3].[Cu+2]. The fourth-order valence-electron chi connectivity index (χ4n) is 0. The van der Waals surface area contributed by atoms with Crippen LogP contribution < -0.4 is 17.0 Å². The molecule has 0 rings (SSSR count). The van der Waals surface area contributed by atoms with E-state index >= 15 is 0 Å². The molecule has 1 radical (unpaired) electrons. The van der Waals surface area contributed by atoms with Crippen LogP contribution in [0.15, 0.2) is 0 Å². The standard InChI is InChI=1S/CH5N3O.2Al.ClH.Cu.4H2O4S/c2-1(5)4-3;;;;;4*1-5(2,3)4/h3H2,(H3,2,4,5);;;1H;;4*(H2,1,2,3,4)/q;2*+3;;+2;;;;/p-8. The van der Waals surface area contributed by atoms with E-state index in [2.05, 4.69) is 11.6 Å². The molecule has 20 nitrogen and oxygen atoms in total. The molecule has 0 aliphatic rings. The minimum atomic E-state index is -5.17. The molecule has 0 bridgehead atoms. The number of hydrogen-bond donors (Lipinski definition) is 3. The number of carbonyl (C=O) groups excluding carboxylic acids is 1. The zero-order valence-electron chi connectivity index (χ0n) is 12.6. The van der Waals surface area contributed by atoms with Crippen molar-refractivity contribution in [3.05, 3.63) is 0 Å². The van der Waals surface area contributed by atoms with Crippen LogP contribution >= 0.6 is 12.4 Å². The molecule has 0 aromatic carbocycles. The van der Waals surface area contributed by atoms with Gasteiger partial charge in [0.1, 0.15) is 0 Å². The van der Waals surface area contributed by atoms with Gasteiger partial charge in [-0.3, -0.25) is 39.1 Å². The van der Waals surface area contributed by atoms with Gasteiger partial charge in [-0.1, -0.05) is 0 Å². The molecule has 0 spiro atoms. The summed E-state index contributed by atoms with van der Waals surface area (Å²) in [5, 5.41) is 0. The van der Waals surface area contributed by atoms with Gasteiger partial charge in [-0.25, -0.2) is 10.6 Å². The van der Waals surface area contributed by atoms with Crippen molar-refractivity contribution in [1.29, 1.82) is 0 Å². The van der Waals surface area contributed by atoms with Crippen LogP contribution in [0.3, 0.4) is 0 Å². The Balaban J connectivity index is -0.0000000238. The smallest absolute Gasteiger partial charge is 0.759 e. The molecule has 0 fully saturated rings. The van der Waals surface area contributed by atoms with Gasteiger partial charge in [0, 0.05) is 41.6 Å². The largest absolute Gasteiger partial charge is 3.00 e. The van der Waals surface area contributed by atoms with Crippen LogP contribution in [0.2, 0.25) is 0 Å². The number of primary amides is 1. The van der Waals surface area contributed by atoms with Crippen molar-refractivity contribution in [3.63, 3.8) is 0 Å². The number of nitrogens with two attached hydrogens (primary N) is 2. The van der Waals surface area contributed by atoms with Crippen molar-refractivity contribution in [2.24, 2.45) is 11.6 Å². The summed E-state index contributed by atoms with van der Waals surface area (Å²) in [6, 6.07) is -0.718. The van der Waals surface area contributed by atoms with Gasteiger partial charge >= 0.3 is 57.8 Å². The fourth-order valence-corrected chi connectivity index (χ4v) is 0. The maximum atomic E-state index is 9.35. The molecule has 0 atom stereocenters. The van der Waals surface area contributed by atoms with Crippen molar-refractivity contribution in [2.75, 3.05) is 0 Å². The van der Waals surface area contributed by atoms with E-state index in [-0.39, 0.29) is 64.2 Å². The molecule has 29 heavy (non-hydrogen) atoms. The first-order valence-corrected chi connectivity index (χ1v) is 9.03. The summed E-state index contributed by atoms with van der Waals surface area (Å²) in [5.41, 5.74) is 6.08. The second-order valence-electron chi connectivity index (χ2n) is 2.14. The van der Waals surface area contributed by atoms with Crippen LogP contribution in [-0.2, 0) is 58.7 Å². The van der Waals surface area contributed by atoms with Gasteiger partial charge in [0.25, 0.3) is 0 Å². The monoisotopic (exact) mass is 612 g/mol. The van der Waals surface area contributed by atoms with E-state index in [0.29, 0.717) is 0 Å². The molecule has 2 amide bonds. The normalized spacial score (nSPS) is 9.14. The Bertz CT molecular complexity index is 609. The predicted octanol–water partition coefficient (Wildman–Crippen LogP) is -7.17. The first kappa shape index (κ1) is 57.0. The van der Waals surface area contributed by atoms with Gasteiger partial charge in [-0.05, 0) is 0 Å². The van der Waals surface area contributed by atoms with E-state index in [0.717, 1.165) is 0 Å². The van der Waals surface area contributed by atoms with Gasteiger partial charge < -0.3 is 42.2 Å². The first-order chi connectivity index (χ1) is 10.3. The third-order valence-electron chi connectivity index (χ3n) is 0.142. The summed E-state index contributed by atoms with van der Waals surface area (Å²) >= 11 is 0. The molecular weight excluding hydrogens is 607 g/mol. The Labute approximate surface area is 202 Å². The van der Waals surface area contributed by atoms with Crippen LogP contribution in [-0.4, -0.2) is 111 Å². The molecule has 0 saturated carbocycles. The molecule has 5 N–H and O–H groups in total. The zero-order valence-corrected chi connectivity index (χ0v) is 19.9. The molecule has 0 aliphatic heterocycles. The summed E-state index contributed by atoms with van der Waals surface area (Å²) in [7, 11) is -20.7. The van der Waals surface area contributed by atoms with Crippen molar-refractivity contribution in [3.8, 4) is 0 Å². The number of amides is 2. The Morgan fingerprint density at radius 2 is 0.621 bits per heavy atom. The van der Waals surface area contributed by atoms with Gasteiger partial charge in [0.15, 0.2) is 0 Å². The number of nitrogens with one attached hydrogen (secondary N) is 1. The minimum absolute atomic E-state index is 0.